The zero-order valence-electron chi connectivity index (χ0n) is 7.27. The summed E-state index contributed by atoms with van der Waals surface area (Å²) in [7, 11) is -3.28. The Morgan fingerprint density at radius 3 is 1.75 bits per heavy atom. The van der Waals surface area contributed by atoms with Crippen molar-refractivity contribution in [2.24, 2.45) is 17.2 Å². The van der Waals surface area contributed by atoms with Gasteiger partial charge in [0.2, 0.25) is 0 Å². The second kappa shape index (κ2) is 4.91. The van der Waals surface area contributed by atoms with E-state index < -0.39 is 20.1 Å². The molecule has 2 atom stereocenters. The first-order valence-corrected chi connectivity index (χ1v) is 5.29. The Kier molecular flexibility index (Phi) is 4.92. The molecule has 0 radical (unpaired) electrons. The van der Waals surface area contributed by atoms with E-state index in [1.807, 2.05) is 0 Å². The second-order valence-electron chi connectivity index (χ2n) is 2.41. The van der Waals surface area contributed by atoms with Crippen LogP contribution in [0, 0.1) is 0 Å². The van der Waals surface area contributed by atoms with Crippen LogP contribution in [-0.2, 0) is 13.6 Å². The molecule has 0 aromatic rings. The normalized spacial score (nSPS) is 21.4. The Hall–Kier alpha value is 0.0300. The fourth-order valence-corrected chi connectivity index (χ4v) is 1.85. The van der Waals surface area contributed by atoms with Crippen molar-refractivity contribution in [2.75, 3.05) is 6.29 Å². The number of nitrogens with two attached hydrogens (primary N) is 3. The van der Waals surface area contributed by atoms with E-state index >= 15 is 0 Å². The molecule has 0 heterocycles. The van der Waals surface area contributed by atoms with Crippen molar-refractivity contribution in [3.63, 3.8) is 0 Å². The van der Waals surface area contributed by atoms with Gasteiger partial charge < -0.3 is 17.2 Å². The van der Waals surface area contributed by atoms with Crippen LogP contribution in [0.25, 0.3) is 0 Å². The lowest BCUT2D eigenvalue weighted by Crippen LogP contribution is -2.25. The van der Waals surface area contributed by atoms with Crippen LogP contribution in [0.3, 0.4) is 0 Å². The molecule has 0 saturated heterocycles. The third-order valence-corrected chi connectivity index (χ3v) is 2.63. The Morgan fingerprint density at radius 2 is 1.58 bits per heavy atom. The molecule has 2 unspecified atom stereocenters. The molecule has 0 saturated carbocycles. The molecule has 0 rings (SSSR count). The SMILES string of the molecule is CC(N)OP(=O)(CN)OC(C)N. The van der Waals surface area contributed by atoms with Gasteiger partial charge >= 0.3 is 7.60 Å². The molecule has 0 aliphatic carbocycles. The van der Waals surface area contributed by atoms with Crippen LogP contribution < -0.4 is 17.2 Å². The molecule has 0 spiro atoms. The lowest BCUT2D eigenvalue weighted by atomic mass is 10.7. The predicted molar refractivity (Wildman–Crippen MR) is 46.1 cm³/mol. The van der Waals surface area contributed by atoms with E-state index in [-0.39, 0.29) is 6.29 Å². The largest absolute Gasteiger partial charge is 0.347 e. The molecule has 0 aromatic carbocycles. The van der Waals surface area contributed by atoms with Gasteiger partial charge in [0.25, 0.3) is 0 Å². The highest BCUT2D eigenvalue weighted by atomic mass is 31.2. The highest BCUT2D eigenvalue weighted by Gasteiger charge is 2.25. The maximum absolute atomic E-state index is 11.5. The average Bonchev–Trinajstić information content (AvgIpc) is 1.83. The first-order chi connectivity index (χ1) is 5.39. The molecule has 0 fully saturated rings. The summed E-state index contributed by atoms with van der Waals surface area (Å²) in [6.07, 6.45) is -1.59. The Bertz CT molecular complexity index is 159. The third-order valence-electron chi connectivity index (χ3n) is 0.877. The summed E-state index contributed by atoms with van der Waals surface area (Å²) in [6, 6.07) is 0. The lowest BCUT2D eigenvalue weighted by Gasteiger charge is -2.20. The monoisotopic (exact) mass is 197 g/mol. The van der Waals surface area contributed by atoms with Crippen LogP contribution in [0.4, 0.5) is 0 Å². The minimum absolute atomic E-state index is 0.226. The van der Waals surface area contributed by atoms with Gasteiger partial charge in [0.05, 0.1) is 6.29 Å². The maximum atomic E-state index is 11.5. The minimum Gasteiger partial charge on any atom is -0.320 e. The van der Waals surface area contributed by atoms with Gasteiger partial charge in [0, 0.05) is 0 Å². The maximum Gasteiger partial charge on any atom is 0.347 e. The van der Waals surface area contributed by atoms with E-state index in [1.54, 1.807) is 0 Å². The van der Waals surface area contributed by atoms with Gasteiger partial charge in [-0.1, -0.05) is 0 Å². The Balaban J connectivity index is 4.15. The topological polar surface area (TPSA) is 114 Å². The van der Waals surface area contributed by atoms with Gasteiger partial charge in [-0.25, -0.2) is 0 Å². The van der Waals surface area contributed by atoms with Gasteiger partial charge in [-0.05, 0) is 13.8 Å². The zero-order chi connectivity index (χ0) is 9.78. The molecule has 12 heavy (non-hydrogen) atoms. The quantitative estimate of drug-likeness (QED) is 0.413. The highest BCUT2D eigenvalue weighted by molar-refractivity contribution is 7.53. The fourth-order valence-electron chi connectivity index (χ4n) is 0.618. The molecule has 0 bridgehead atoms. The molecular formula is C5H16N3O3P. The summed E-state index contributed by atoms with van der Waals surface area (Å²) in [4.78, 5) is 0. The summed E-state index contributed by atoms with van der Waals surface area (Å²) in [5.41, 5.74) is 15.7. The van der Waals surface area contributed by atoms with E-state index in [4.69, 9.17) is 26.2 Å². The Labute approximate surface area is 71.9 Å². The smallest absolute Gasteiger partial charge is 0.320 e. The molecule has 6 N–H and O–H groups in total. The second-order valence-corrected chi connectivity index (χ2v) is 4.42. The molecule has 7 heteroatoms. The number of hydrogen-bond donors (Lipinski definition) is 3. The van der Waals surface area contributed by atoms with E-state index in [0.717, 1.165) is 0 Å². The van der Waals surface area contributed by atoms with Crippen molar-refractivity contribution < 1.29 is 13.6 Å². The first kappa shape index (κ1) is 12.0. The van der Waals surface area contributed by atoms with E-state index in [2.05, 4.69) is 0 Å². The van der Waals surface area contributed by atoms with Crippen LogP contribution in [-0.4, -0.2) is 18.7 Å². The van der Waals surface area contributed by atoms with E-state index in [0.29, 0.717) is 0 Å². The van der Waals surface area contributed by atoms with Crippen LogP contribution in [0.15, 0.2) is 0 Å². The number of rotatable bonds is 5. The van der Waals surface area contributed by atoms with Crippen LogP contribution in [0.1, 0.15) is 13.8 Å². The van der Waals surface area contributed by atoms with Gasteiger partial charge in [0.1, 0.15) is 12.5 Å². The summed E-state index contributed by atoms with van der Waals surface area (Å²) in [6.45, 7) is 3.07. The Morgan fingerprint density at radius 1 is 1.25 bits per heavy atom. The van der Waals surface area contributed by atoms with Crippen molar-refractivity contribution in [1.29, 1.82) is 0 Å². The highest BCUT2D eigenvalue weighted by Crippen LogP contribution is 2.47. The van der Waals surface area contributed by atoms with Gasteiger partial charge in [0.15, 0.2) is 0 Å². The molecule has 0 aliphatic rings. The van der Waals surface area contributed by atoms with E-state index in [9.17, 15) is 4.57 Å². The van der Waals surface area contributed by atoms with Gasteiger partial charge in [-0.3, -0.25) is 13.6 Å². The first-order valence-electron chi connectivity index (χ1n) is 3.56. The summed E-state index contributed by atoms with van der Waals surface area (Å²) in [5, 5.41) is 0. The molecule has 6 nitrogen and oxygen atoms in total. The molecule has 0 amide bonds. The average molecular weight is 197 g/mol. The number of hydrogen-bond acceptors (Lipinski definition) is 6. The standard InChI is InChI=1S/C5H16N3O3P/c1-4(7)10-12(9,3-6)11-5(2)8/h4-5H,3,6-8H2,1-2H3. The zero-order valence-corrected chi connectivity index (χ0v) is 8.16. The molecular weight excluding hydrogens is 181 g/mol. The summed E-state index contributed by atoms with van der Waals surface area (Å²) < 4.78 is 21.1. The van der Waals surface area contributed by atoms with E-state index in [1.165, 1.54) is 13.8 Å². The van der Waals surface area contributed by atoms with Gasteiger partial charge in [-0.2, -0.15) is 0 Å². The van der Waals surface area contributed by atoms with Crippen molar-refractivity contribution in [3.8, 4) is 0 Å². The fraction of sp³-hybridized carbons (Fsp3) is 1.00. The molecule has 0 aromatic heterocycles. The van der Waals surface area contributed by atoms with Crippen LogP contribution in [0.2, 0.25) is 0 Å². The molecule has 0 aliphatic heterocycles. The van der Waals surface area contributed by atoms with Crippen LogP contribution in [0.5, 0.6) is 0 Å². The minimum atomic E-state index is -3.28. The predicted octanol–water partition coefficient (Wildman–Crippen LogP) is -0.262. The summed E-state index contributed by atoms with van der Waals surface area (Å²) >= 11 is 0. The molecule has 74 valence electrons. The van der Waals surface area contributed by atoms with Crippen molar-refractivity contribution in [2.45, 2.75) is 26.3 Å². The summed E-state index contributed by atoms with van der Waals surface area (Å²) in [5.74, 6) is 0. The van der Waals surface area contributed by atoms with Crippen LogP contribution >= 0.6 is 7.60 Å². The van der Waals surface area contributed by atoms with Gasteiger partial charge in [-0.15, -0.1) is 0 Å². The van der Waals surface area contributed by atoms with Crippen molar-refractivity contribution >= 4 is 7.60 Å². The third kappa shape index (κ3) is 4.82. The van der Waals surface area contributed by atoms with Crippen molar-refractivity contribution in [3.05, 3.63) is 0 Å². The lowest BCUT2D eigenvalue weighted by molar-refractivity contribution is 0.133. The van der Waals surface area contributed by atoms with Crippen molar-refractivity contribution in [1.82, 2.24) is 0 Å².